The molecule has 0 saturated carbocycles. The third kappa shape index (κ3) is 1.02. The lowest BCUT2D eigenvalue weighted by atomic mass is 10.3. The Balaban J connectivity index is 2.28. The Kier molecular flexibility index (Phi) is 1.65. The molecular weight excluding hydrogens is 180 g/mol. The topological polar surface area (TPSA) is 62.3 Å². The number of hydrogen-bond donors (Lipinski definition) is 2. The Morgan fingerprint density at radius 3 is 3.00 bits per heavy atom. The maximum Gasteiger partial charge on any atom is 0.232 e. The van der Waals surface area contributed by atoms with Gasteiger partial charge in [-0.2, -0.15) is 5.10 Å². The zero-order valence-electron chi connectivity index (χ0n) is 6.34. The van der Waals surface area contributed by atoms with Gasteiger partial charge in [0.25, 0.3) is 0 Å². The van der Waals surface area contributed by atoms with Gasteiger partial charge in [0.1, 0.15) is 5.69 Å². The number of aromatic amines is 1. The van der Waals surface area contributed by atoms with E-state index in [0.717, 1.165) is 5.69 Å². The average Bonchev–Trinajstić information content (AvgIpc) is 2.64. The quantitative estimate of drug-likeness (QED) is 0.686. The van der Waals surface area contributed by atoms with E-state index in [4.69, 9.17) is 16.3 Å². The molecule has 1 aliphatic rings. The van der Waals surface area contributed by atoms with Crippen LogP contribution in [0.25, 0.3) is 0 Å². The van der Waals surface area contributed by atoms with Crippen molar-refractivity contribution in [2.24, 2.45) is 5.10 Å². The van der Waals surface area contributed by atoms with Gasteiger partial charge in [-0.3, -0.25) is 10.5 Å². The van der Waals surface area contributed by atoms with Gasteiger partial charge in [-0.15, -0.1) is 5.10 Å². The number of H-pyrrole nitrogens is 1. The third-order valence-electron chi connectivity index (χ3n) is 1.59. The summed E-state index contributed by atoms with van der Waals surface area (Å²) in [7, 11) is 0. The van der Waals surface area contributed by atoms with Crippen LogP contribution in [-0.2, 0) is 4.74 Å². The standard InChI is InChI=1S/C6H7ClN4O/c1-3-4(7)5(10-9-3)6-11-8-2-12-6/h2,6,11H,1H3,(H,9,10). The fourth-order valence-corrected chi connectivity index (χ4v) is 1.14. The molecule has 1 aliphatic heterocycles. The van der Waals surface area contributed by atoms with E-state index in [0.29, 0.717) is 10.7 Å². The van der Waals surface area contributed by atoms with Crippen LogP contribution in [0.1, 0.15) is 17.6 Å². The molecule has 1 aromatic heterocycles. The van der Waals surface area contributed by atoms with E-state index in [-0.39, 0.29) is 6.23 Å². The molecule has 1 atom stereocenters. The maximum atomic E-state index is 5.92. The Morgan fingerprint density at radius 2 is 2.50 bits per heavy atom. The highest BCUT2D eigenvalue weighted by Crippen LogP contribution is 2.24. The zero-order valence-corrected chi connectivity index (χ0v) is 7.09. The van der Waals surface area contributed by atoms with Crippen LogP contribution in [0.4, 0.5) is 0 Å². The highest BCUT2D eigenvalue weighted by Gasteiger charge is 2.21. The zero-order chi connectivity index (χ0) is 8.55. The number of hydrazone groups is 1. The normalized spacial score (nSPS) is 20.7. The van der Waals surface area contributed by atoms with Crippen LogP contribution >= 0.6 is 11.6 Å². The van der Waals surface area contributed by atoms with Crippen molar-refractivity contribution in [1.29, 1.82) is 0 Å². The molecule has 0 amide bonds. The minimum absolute atomic E-state index is 0.359. The van der Waals surface area contributed by atoms with Crippen LogP contribution in [0.3, 0.4) is 0 Å². The highest BCUT2D eigenvalue weighted by atomic mass is 35.5. The van der Waals surface area contributed by atoms with Crippen LogP contribution in [0.15, 0.2) is 5.10 Å². The van der Waals surface area contributed by atoms with E-state index < -0.39 is 0 Å². The lowest BCUT2D eigenvalue weighted by Crippen LogP contribution is -2.12. The molecule has 0 bridgehead atoms. The fourth-order valence-electron chi connectivity index (χ4n) is 0.954. The van der Waals surface area contributed by atoms with E-state index in [1.807, 2.05) is 6.92 Å². The minimum atomic E-state index is -0.359. The van der Waals surface area contributed by atoms with E-state index >= 15 is 0 Å². The number of nitrogens with one attached hydrogen (secondary N) is 2. The van der Waals surface area contributed by atoms with Gasteiger partial charge in [-0.25, -0.2) is 0 Å². The number of ether oxygens (including phenoxy) is 1. The van der Waals surface area contributed by atoms with Crippen molar-refractivity contribution in [3.05, 3.63) is 16.4 Å². The SMILES string of the molecule is Cc1[nH]nc(C2NN=CO2)c1Cl. The molecule has 2 heterocycles. The van der Waals surface area contributed by atoms with Crippen LogP contribution in [0.5, 0.6) is 0 Å². The molecule has 6 heteroatoms. The lowest BCUT2D eigenvalue weighted by molar-refractivity contribution is 0.194. The first kappa shape index (κ1) is 7.42. The summed E-state index contributed by atoms with van der Waals surface area (Å²) in [5, 5.41) is 11.0. The van der Waals surface area contributed by atoms with Gasteiger partial charge in [-0.05, 0) is 6.92 Å². The number of halogens is 1. The first-order valence-corrected chi connectivity index (χ1v) is 3.79. The van der Waals surface area contributed by atoms with Gasteiger partial charge in [0.05, 0.1) is 10.7 Å². The predicted molar refractivity (Wildman–Crippen MR) is 43.8 cm³/mol. The second-order valence-electron chi connectivity index (χ2n) is 2.43. The molecule has 64 valence electrons. The van der Waals surface area contributed by atoms with Crippen molar-refractivity contribution in [2.45, 2.75) is 13.2 Å². The molecule has 2 N–H and O–H groups in total. The molecule has 12 heavy (non-hydrogen) atoms. The predicted octanol–water partition coefficient (Wildman–Crippen LogP) is 0.933. The second-order valence-corrected chi connectivity index (χ2v) is 2.81. The van der Waals surface area contributed by atoms with E-state index in [1.54, 1.807) is 0 Å². The van der Waals surface area contributed by atoms with Gasteiger partial charge < -0.3 is 4.74 Å². The molecule has 0 spiro atoms. The summed E-state index contributed by atoms with van der Waals surface area (Å²) in [5.41, 5.74) is 4.16. The summed E-state index contributed by atoms with van der Waals surface area (Å²) in [4.78, 5) is 0. The lowest BCUT2D eigenvalue weighted by Gasteiger charge is -2.05. The highest BCUT2D eigenvalue weighted by molar-refractivity contribution is 6.31. The maximum absolute atomic E-state index is 5.92. The Hall–Kier alpha value is -1.23. The largest absolute Gasteiger partial charge is 0.451 e. The van der Waals surface area contributed by atoms with Crippen LogP contribution in [0.2, 0.25) is 5.02 Å². The first-order valence-electron chi connectivity index (χ1n) is 3.42. The molecule has 0 aliphatic carbocycles. The smallest absolute Gasteiger partial charge is 0.232 e. The molecular formula is C6H7ClN4O. The number of aryl methyl sites for hydroxylation is 1. The van der Waals surface area contributed by atoms with Crippen LogP contribution in [0, 0.1) is 6.92 Å². The number of rotatable bonds is 1. The molecule has 0 aromatic carbocycles. The Labute approximate surface area is 73.7 Å². The van der Waals surface area contributed by atoms with E-state index in [1.165, 1.54) is 6.40 Å². The molecule has 2 rings (SSSR count). The molecule has 1 unspecified atom stereocenters. The van der Waals surface area contributed by atoms with Crippen molar-refractivity contribution < 1.29 is 4.74 Å². The number of nitrogens with zero attached hydrogens (tertiary/aromatic N) is 2. The molecule has 1 aromatic rings. The molecule has 0 fully saturated rings. The summed E-state index contributed by atoms with van der Waals surface area (Å²) in [5.74, 6) is 0. The average molecular weight is 187 g/mol. The van der Waals surface area contributed by atoms with Crippen molar-refractivity contribution in [1.82, 2.24) is 15.6 Å². The molecule has 0 saturated heterocycles. The summed E-state index contributed by atoms with van der Waals surface area (Å²) < 4.78 is 5.06. The van der Waals surface area contributed by atoms with Crippen LogP contribution in [-0.4, -0.2) is 16.6 Å². The van der Waals surface area contributed by atoms with Gasteiger partial charge in [0.2, 0.25) is 6.23 Å². The molecule has 0 radical (unpaired) electrons. The van der Waals surface area contributed by atoms with Gasteiger partial charge in [-0.1, -0.05) is 11.6 Å². The monoisotopic (exact) mass is 186 g/mol. The summed E-state index contributed by atoms with van der Waals surface area (Å²) in [6, 6.07) is 0. The summed E-state index contributed by atoms with van der Waals surface area (Å²) in [6.45, 7) is 1.84. The number of hydrogen-bond acceptors (Lipinski definition) is 4. The second kappa shape index (κ2) is 2.67. The Bertz CT molecular complexity index is 313. The van der Waals surface area contributed by atoms with Crippen LogP contribution < -0.4 is 5.43 Å². The van der Waals surface area contributed by atoms with Crippen molar-refractivity contribution in [2.75, 3.05) is 0 Å². The summed E-state index contributed by atoms with van der Waals surface area (Å²) >= 11 is 5.92. The fraction of sp³-hybridized carbons (Fsp3) is 0.333. The van der Waals surface area contributed by atoms with Crippen molar-refractivity contribution >= 4 is 18.0 Å². The Morgan fingerprint density at radius 1 is 1.67 bits per heavy atom. The first-order chi connectivity index (χ1) is 5.79. The summed E-state index contributed by atoms with van der Waals surface area (Å²) in [6.07, 6.45) is 0.966. The minimum Gasteiger partial charge on any atom is -0.451 e. The van der Waals surface area contributed by atoms with E-state index in [2.05, 4.69) is 20.7 Å². The van der Waals surface area contributed by atoms with Gasteiger partial charge in [0.15, 0.2) is 6.40 Å². The van der Waals surface area contributed by atoms with Gasteiger partial charge in [0, 0.05) is 0 Å². The molecule has 5 nitrogen and oxygen atoms in total. The van der Waals surface area contributed by atoms with Gasteiger partial charge >= 0.3 is 0 Å². The third-order valence-corrected chi connectivity index (χ3v) is 2.07. The van der Waals surface area contributed by atoms with Crippen molar-refractivity contribution in [3.63, 3.8) is 0 Å². The number of aromatic nitrogens is 2. The van der Waals surface area contributed by atoms with E-state index in [9.17, 15) is 0 Å². The van der Waals surface area contributed by atoms with Crippen molar-refractivity contribution in [3.8, 4) is 0 Å².